The van der Waals surface area contributed by atoms with Gasteiger partial charge in [-0.25, -0.2) is 0 Å². The summed E-state index contributed by atoms with van der Waals surface area (Å²) >= 11 is 1.77. The van der Waals surface area contributed by atoms with Crippen LogP contribution in [0.1, 0.15) is 16.6 Å². The monoisotopic (exact) mass is 306 g/mol. The predicted octanol–water partition coefficient (Wildman–Crippen LogP) is 1.56. The van der Waals surface area contributed by atoms with E-state index in [1.54, 1.807) is 32.0 Å². The Balaban J connectivity index is 2.40. The quantitative estimate of drug-likeness (QED) is 0.840. The molecule has 0 aliphatic heterocycles. The van der Waals surface area contributed by atoms with Crippen molar-refractivity contribution in [1.29, 1.82) is 0 Å². The molecule has 2 aromatic rings. The van der Waals surface area contributed by atoms with E-state index >= 15 is 0 Å². The molecule has 0 saturated heterocycles. The first-order chi connectivity index (χ1) is 10.3. The number of hydrogen-bond acceptors (Lipinski definition) is 5. The van der Waals surface area contributed by atoms with Gasteiger partial charge in [0.1, 0.15) is 0 Å². The van der Waals surface area contributed by atoms with Crippen molar-refractivity contribution in [2.24, 2.45) is 0 Å². The number of ether oxygens (including phenoxy) is 2. The molecule has 21 heavy (non-hydrogen) atoms. The van der Waals surface area contributed by atoms with Gasteiger partial charge in [0.05, 0.1) is 32.1 Å². The van der Waals surface area contributed by atoms with Crippen LogP contribution in [-0.4, -0.2) is 36.5 Å². The maximum absolute atomic E-state index is 5.24. The maximum Gasteiger partial charge on any atom is 0.220 e. The molecule has 1 heterocycles. The third-order valence-electron chi connectivity index (χ3n) is 2.88. The fourth-order valence-electron chi connectivity index (χ4n) is 1.90. The Kier molecular flexibility index (Phi) is 5.83. The molecule has 0 aliphatic carbocycles. The summed E-state index contributed by atoms with van der Waals surface area (Å²) in [6.45, 7) is 0.856. The number of aromatic nitrogens is 2. The number of rotatable bonds is 7. The van der Waals surface area contributed by atoms with E-state index in [4.69, 9.17) is 9.47 Å². The van der Waals surface area contributed by atoms with Crippen LogP contribution in [0.25, 0.3) is 0 Å². The molecule has 1 atom stereocenters. The summed E-state index contributed by atoms with van der Waals surface area (Å²) in [6.07, 6.45) is 0. The molecule has 1 aromatic carbocycles. The standard InChI is InChI=1S/C15H19N3O2S/c1-19-12-10-13(20-2)18-15(17-12)14(21-9-8-16)11-6-4-3-5-7-11/h3-7,10,14H,8-9,16H2,1-2H3/p+1/t14-/m1/s1. The Bertz CT molecular complexity index is 544. The Labute approximate surface area is 128 Å². The van der Waals surface area contributed by atoms with E-state index in [9.17, 15) is 0 Å². The maximum atomic E-state index is 5.24. The first-order valence-corrected chi connectivity index (χ1v) is 7.76. The minimum atomic E-state index is 0.0388. The first kappa shape index (κ1) is 15.6. The zero-order chi connectivity index (χ0) is 15.1. The van der Waals surface area contributed by atoms with E-state index in [-0.39, 0.29) is 5.25 Å². The lowest BCUT2D eigenvalue weighted by Crippen LogP contribution is -2.51. The second kappa shape index (κ2) is 7.85. The Morgan fingerprint density at radius 2 is 1.71 bits per heavy atom. The number of nitrogens with zero attached hydrogens (tertiary/aromatic N) is 2. The highest BCUT2D eigenvalue weighted by atomic mass is 32.2. The average Bonchev–Trinajstić information content (AvgIpc) is 2.55. The van der Waals surface area contributed by atoms with Gasteiger partial charge in [0.25, 0.3) is 0 Å². The molecule has 0 unspecified atom stereocenters. The summed E-state index contributed by atoms with van der Waals surface area (Å²) < 4.78 is 10.5. The third kappa shape index (κ3) is 4.09. The minimum absolute atomic E-state index is 0.0388. The molecule has 0 amide bonds. The van der Waals surface area contributed by atoms with Crippen molar-refractivity contribution in [2.75, 3.05) is 26.5 Å². The van der Waals surface area contributed by atoms with E-state index in [1.165, 1.54) is 0 Å². The van der Waals surface area contributed by atoms with Crippen LogP contribution >= 0.6 is 11.8 Å². The minimum Gasteiger partial charge on any atom is -0.481 e. The van der Waals surface area contributed by atoms with Gasteiger partial charge in [-0.3, -0.25) is 0 Å². The molecule has 0 aliphatic rings. The number of benzene rings is 1. The second-order valence-corrected chi connectivity index (χ2v) is 5.54. The third-order valence-corrected chi connectivity index (χ3v) is 4.22. The fraction of sp³-hybridized carbons (Fsp3) is 0.333. The summed E-state index contributed by atoms with van der Waals surface area (Å²) in [6, 6.07) is 11.9. The summed E-state index contributed by atoms with van der Waals surface area (Å²) in [5, 5.41) is 0.0388. The lowest BCUT2D eigenvalue weighted by Gasteiger charge is -2.16. The van der Waals surface area contributed by atoms with E-state index in [1.807, 2.05) is 18.2 Å². The fourth-order valence-corrected chi connectivity index (χ4v) is 2.90. The zero-order valence-electron chi connectivity index (χ0n) is 12.3. The highest BCUT2D eigenvalue weighted by molar-refractivity contribution is 7.99. The smallest absolute Gasteiger partial charge is 0.220 e. The van der Waals surface area contributed by atoms with E-state index in [0.717, 1.165) is 17.9 Å². The predicted molar refractivity (Wildman–Crippen MR) is 83.6 cm³/mol. The summed E-state index contributed by atoms with van der Waals surface area (Å²) in [5.41, 5.74) is 5.06. The van der Waals surface area contributed by atoms with Crippen LogP contribution in [0.15, 0.2) is 36.4 Å². The summed E-state index contributed by atoms with van der Waals surface area (Å²) in [5.74, 6) is 2.64. The van der Waals surface area contributed by atoms with Crippen molar-refractivity contribution in [2.45, 2.75) is 5.25 Å². The first-order valence-electron chi connectivity index (χ1n) is 6.71. The molecule has 2 rings (SSSR count). The van der Waals surface area contributed by atoms with E-state index < -0.39 is 0 Å². The molecule has 0 bridgehead atoms. The van der Waals surface area contributed by atoms with Crippen LogP contribution in [0, 0.1) is 0 Å². The highest BCUT2D eigenvalue weighted by Gasteiger charge is 2.20. The van der Waals surface area contributed by atoms with Gasteiger partial charge in [-0.2, -0.15) is 9.97 Å². The van der Waals surface area contributed by atoms with Crippen LogP contribution in [0.3, 0.4) is 0 Å². The van der Waals surface area contributed by atoms with Crippen LogP contribution < -0.4 is 15.2 Å². The van der Waals surface area contributed by atoms with Crippen LogP contribution in [0.4, 0.5) is 0 Å². The molecule has 0 saturated carbocycles. The van der Waals surface area contributed by atoms with Gasteiger partial charge in [-0.05, 0) is 5.56 Å². The average molecular weight is 306 g/mol. The van der Waals surface area contributed by atoms with E-state index in [0.29, 0.717) is 17.6 Å². The van der Waals surface area contributed by atoms with Crippen molar-refractivity contribution in [3.05, 3.63) is 47.8 Å². The second-order valence-electron chi connectivity index (χ2n) is 4.33. The molecule has 1 aromatic heterocycles. The molecule has 0 fully saturated rings. The number of quaternary nitrogens is 1. The topological polar surface area (TPSA) is 71.9 Å². The van der Waals surface area contributed by atoms with Gasteiger partial charge in [0.2, 0.25) is 11.8 Å². The van der Waals surface area contributed by atoms with E-state index in [2.05, 4.69) is 27.8 Å². The van der Waals surface area contributed by atoms with Crippen LogP contribution in [0.2, 0.25) is 0 Å². The van der Waals surface area contributed by atoms with Gasteiger partial charge < -0.3 is 15.2 Å². The summed E-state index contributed by atoms with van der Waals surface area (Å²) in [7, 11) is 3.18. The molecular weight excluding hydrogens is 286 g/mol. The largest absolute Gasteiger partial charge is 0.481 e. The van der Waals surface area contributed by atoms with Crippen molar-refractivity contribution >= 4 is 11.8 Å². The Morgan fingerprint density at radius 1 is 1.10 bits per heavy atom. The molecule has 3 N–H and O–H groups in total. The van der Waals surface area contributed by atoms with Crippen molar-refractivity contribution < 1.29 is 15.2 Å². The Hall–Kier alpha value is -1.79. The molecule has 0 spiro atoms. The lowest BCUT2D eigenvalue weighted by molar-refractivity contribution is -0.360. The molecule has 0 radical (unpaired) electrons. The van der Waals surface area contributed by atoms with Gasteiger partial charge in [-0.1, -0.05) is 30.3 Å². The number of hydrogen-bond donors (Lipinski definition) is 1. The molecular formula is C15H20N3O2S+. The Morgan fingerprint density at radius 3 is 2.24 bits per heavy atom. The van der Waals surface area contributed by atoms with Crippen molar-refractivity contribution in [3.63, 3.8) is 0 Å². The van der Waals surface area contributed by atoms with Crippen molar-refractivity contribution in [1.82, 2.24) is 9.97 Å². The SMILES string of the molecule is COc1cc(OC)nc([C@H](SCC[NH3+])c2ccccc2)n1. The zero-order valence-corrected chi connectivity index (χ0v) is 13.1. The summed E-state index contributed by atoms with van der Waals surface area (Å²) in [4.78, 5) is 8.95. The van der Waals surface area contributed by atoms with Gasteiger partial charge >= 0.3 is 0 Å². The molecule has 5 nitrogen and oxygen atoms in total. The van der Waals surface area contributed by atoms with Crippen LogP contribution in [-0.2, 0) is 0 Å². The van der Waals surface area contributed by atoms with Gasteiger partial charge in [0.15, 0.2) is 5.82 Å². The van der Waals surface area contributed by atoms with Crippen LogP contribution in [0.5, 0.6) is 11.8 Å². The number of methoxy groups -OCH3 is 2. The van der Waals surface area contributed by atoms with Crippen molar-refractivity contribution in [3.8, 4) is 11.8 Å². The molecule has 112 valence electrons. The lowest BCUT2D eigenvalue weighted by atomic mass is 10.1. The van der Waals surface area contributed by atoms with Gasteiger partial charge in [0, 0.05) is 5.75 Å². The highest BCUT2D eigenvalue weighted by Crippen LogP contribution is 2.34. The normalized spacial score (nSPS) is 12.0. The van der Waals surface area contributed by atoms with Gasteiger partial charge in [-0.15, -0.1) is 11.8 Å². The number of thioether (sulfide) groups is 1. The molecule has 6 heteroatoms.